The van der Waals surface area contributed by atoms with Gasteiger partial charge >= 0.3 is 0 Å². The van der Waals surface area contributed by atoms with Crippen molar-refractivity contribution in [2.24, 2.45) is 10.8 Å². The molecular formula is C44H51ClN8O6. The second-order valence-electron chi connectivity index (χ2n) is 16.9. The highest BCUT2D eigenvalue weighted by atomic mass is 35.5. The zero-order chi connectivity index (χ0) is 42.1. The third-order valence-corrected chi connectivity index (χ3v) is 12.4. The van der Waals surface area contributed by atoms with Crippen molar-refractivity contribution in [3.8, 4) is 17.6 Å². The van der Waals surface area contributed by atoms with E-state index in [1.165, 1.54) is 4.57 Å². The number of fused-ring (bicyclic) bond motifs is 1. The molecule has 15 heteroatoms. The minimum absolute atomic E-state index is 0.149. The molecule has 2 aromatic carbocycles. The summed E-state index contributed by atoms with van der Waals surface area (Å²) in [5.41, 5.74) is 0.312. The number of carbonyl (C=O) groups is 3. The summed E-state index contributed by atoms with van der Waals surface area (Å²) in [5.74, 6) is 1.38. The second-order valence-corrected chi connectivity index (χ2v) is 17.3. The number of amides is 3. The van der Waals surface area contributed by atoms with Gasteiger partial charge in [0.05, 0.1) is 28.1 Å². The zero-order valence-corrected chi connectivity index (χ0v) is 35.0. The molecular weight excluding hydrogens is 772 g/mol. The van der Waals surface area contributed by atoms with Crippen molar-refractivity contribution in [2.45, 2.75) is 84.9 Å². The standard InChI is InChI=1S/C44H51ClN8O6/c1-27-48-37-31(40(57)53(27)33-15-17-36(54)49-39(33)56)10-9-11-34(37)58-23-8-6-7-18-51-19-21-52(22-20-51)35-16-13-29(26-47-35)38(55)50-41-43(2,3)42(44(41,4)5)59-30-14-12-28(25-46)32(45)24-30/h9-14,16,24,26,33,41-42H,6-8,15,17-23H2,1-5H3,(H,50,55)(H,49,54,56). The van der Waals surface area contributed by atoms with Crippen LogP contribution < -0.4 is 30.6 Å². The van der Waals surface area contributed by atoms with E-state index in [2.05, 4.69) is 64.2 Å². The second kappa shape index (κ2) is 17.0. The smallest absolute Gasteiger partial charge is 0.262 e. The number of benzene rings is 2. The number of pyridine rings is 1. The van der Waals surface area contributed by atoms with Crippen LogP contribution in [0.2, 0.25) is 5.02 Å². The van der Waals surface area contributed by atoms with Gasteiger partial charge < -0.3 is 19.7 Å². The molecule has 1 unspecified atom stereocenters. The number of piperidine rings is 1. The van der Waals surface area contributed by atoms with Gasteiger partial charge in [0.25, 0.3) is 11.5 Å². The van der Waals surface area contributed by atoms with Gasteiger partial charge in [-0.15, -0.1) is 0 Å². The first-order valence-corrected chi connectivity index (χ1v) is 20.7. The van der Waals surface area contributed by atoms with Gasteiger partial charge in [0.15, 0.2) is 0 Å². The predicted molar refractivity (Wildman–Crippen MR) is 224 cm³/mol. The van der Waals surface area contributed by atoms with Gasteiger partial charge in [-0.1, -0.05) is 45.4 Å². The molecule has 1 saturated carbocycles. The number of imide groups is 1. The number of para-hydroxylation sites is 1. The number of rotatable bonds is 13. The maximum absolute atomic E-state index is 13.4. The molecule has 59 heavy (non-hydrogen) atoms. The maximum Gasteiger partial charge on any atom is 0.262 e. The van der Waals surface area contributed by atoms with Gasteiger partial charge in [0.2, 0.25) is 11.8 Å². The first kappa shape index (κ1) is 41.6. The van der Waals surface area contributed by atoms with E-state index < -0.39 is 11.9 Å². The van der Waals surface area contributed by atoms with Gasteiger partial charge in [0, 0.05) is 61.7 Å². The van der Waals surface area contributed by atoms with Crippen LogP contribution in [0.3, 0.4) is 0 Å². The number of hydrogen-bond donors (Lipinski definition) is 2. The number of nitriles is 1. The molecule has 14 nitrogen and oxygen atoms in total. The number of unbranched alkanes of at least 4 members (excludes halogenated alkanes) is 2. The van der Waals surface area contributed by atoms with Crippen molar-refractivity contribution < 1.29 is 23.9 Å². The fraction of sp³-hybridized carbons (Fsp3) is 0.477. The molecule has 7 rings (SSSR count). The number of nitrogens with one attached hydrogen (secondary N) is 2. The van der Waals surface area contributed by atoms with Crippen LogP contribution in [0.1, 0.15) is 87.6 Å². The molecule has 4 aromatic rings. The summed E-state index contributed by atoms with van der Waals surface area (Å²) in [7, 11) is 0. The number of anilines is 1. The van der Waals surface area contributed by atoms with Crippen LogP contribution in [0.15, 0.2) is 59.5 Å². The minimum atomic E-state index is -0.770. The van der Waals surface area contributed by atoms with E-state index in [0.717, 1.165) is 57.8 Å². The highest BCUT2D eigenvalue weighted by molar-refractivity contribution is 6.31. The third kappa shape index (κ3) is 8.49. The molecule has 1 atom stereocenters. The topological polar surface area (TPSA) is 172 Å². The van der Waals surface area contributed by atoms with E-state index in [4.69, 9.17) is 21.1 Å². The predicted octanol–water partition coefficient (Wildman–Crippen LogP) is 5.59. The van der Waals surface area contributed by atoms with E-state index in [0.29, 0.717) is 51.0 Å². The zero-order valence-electron chi connectivity index (χ0n) is 34.2. The van der Waals surface area contributed by atoms with Crippen LogP contribution in [0, 0.1) is 29.1 Å². The lowest BCUT2D eigenvalue weighted by molar-refractivity contribution is -0.164. The molecule has 3 aliphatic rings. The minimum Gasteiger partial charge on any atom is -0.491 e. The molecule has 1 aliphatic carbocycles. The van der Waals surface area contributed by atoms with E-state index in [-0.39, 0.29) is 53.2 Å². The summed E-state index contributed by atoms with van der Waals surface area (Å²) in [6.07, 6.45) is 4.76. The molecule has 3 fully saturated rings. The molecule has 4 heterocycles. The Kier molecular flexibility index (Phi) is 12.0. The lowest BCUT2D eigenvalue weighted by atomic mass is 9.49. The Hall–Kier alpha value is -5.52. The Morgan fingerprint density at radius 3 is 2.46 bits per heavy atom. The number of aromatic nitrogens is 3. The van der Waals surface area contributed by atoms with Crippen LogP contribution in [-0.2, 0) is 9.59 Å². The van der Waals surface area contributed by atoms with E-state index in [1.54, 1.807) is 43.5 Å². The molecule has 2 saturated heterocycles. The number of hydrogen-bond acceptors (Lipinski definition) is 11. The number of piperazine rings is 1. The van der Waals surface area contributed by atoms with Crippen molar-refractivity contribution >= 4 is 46.0 Å². The number of halogens is 1. The third-order valence-electron chi connectivity index (χ3n) is 12.1. The highest BCUT2D eigenvalue weighted by Gasteiger charge is 2.64. The van der Waals surface area contributed by atoms with Crippen molar-refractivity contribution in [2.75, 3.05) is 44.2 Å². The summed E-state index contributed by atoms with van der Waals surface area (Å²) in [6, 6.07) is 15.2. The summed E-state index contributed by atoms with van der Waals surface area (Å²) < 4.78 is 13.8. The molecule has 0 bridgehead atoms. The van der Waals surface area contributed by atoms with Crippen LogP contribution >= 0.6 is 11.6 Å². The maximum atomic E-state index is 13.4. The molecule has 2 aromatic heterocycles. The molecule has 2 aliphatic heterocycles. The Balaban J connectivity index is 0.833. The molecule has 0 radical (unpaired) electrons. The summed E-state index contributed by atoms with van der Waals surface area (Å²) in [4.78, 5) is 65.0. The largest absolute Gasteiger partial charge is 0.491 e. The fourth-order valence-corrected chi connectivity index (χ4v) is 9.44. The van der Waals surface area contributed by atoms with E-state index in [1.807, 2.05) is 18.2 Å². The summed E-state index contributed by atoms with van der Waals surface area (Å²) in [6.45, 7) is 15.0. The molecule has 310 valence electrons. The van der Waals surface area contributed by atoms with E-state index >= 15 is 0 Å². The summed E-state index contributed by atoms with van der Waals surface area (Å²) >= 11 is 6.24. The van der Waals surface area contributed by atoms with Crippen molar-refractivity contribution in [1.29, 1.82) is 5.26 Å². The average molecular weight is 823 g/mol. The van der Waals surface area contributed by atoms with Gasteiger partial charge in [0.1, 0.15) is 46.9 Å². The van der Waals surface area contributed by atoms with Gasteiger partial charge in [-0.05, 0) is 75.5 Å². The van der Waals surface area contributed by atoms with Crippen molar-refractivity contribution in [3.63, 3.8) is 0 Å². The number of carbonyl (C=O) groups excluding carboxylic acids is 3. The van der Waals surface area contributed by atoms with Crippen LogP contribution in [0.5, 0.6) is 11.5 Å². The van der Waals surface area contributed by atoms with Crippen LogP contribution in [0.25, 0.3) is 10.9 Å². The lowest BCUT2D eigenvalue weighted by Crippen LogP contribution is -2.74. The Bertz CT molecular complexity index is 2330. The van der Waals surface area contributed by atoms with Gasteiger partial charge in [-0.3, -0.25) is 34.0 Å². The summed E-state index contributed by atoms with van der Waals surface area (Å²) in [5, 5.41) is 15.5. The average Bonchev–Trinajstić information content (AvgIpc) is 3.21. The van der Waals surface area contributed by atoms with Crippen molar-refractivity contribution in [1.82, 2.24) is 30.1 Å². The molecule has 3 amide bonds. The Morgan fingerprint density at radius 2 is 1.78 bits per heavy atom. The fourth-order valence-electron chi connectivity index (χ4n) is 9.23. The SMILES string of the molecule is Cc1nc2c(OCCCCCN3CCN(c4ccc(C(=O)NC5C(C)(C)C(Oc6ccc(C#N)c(Cl)c6)C5(C)C)cn4)CC3)cccc2c(=O)n1C1CCC(=O)NC1=O. The first-order chi connectivity index (χ1) is 28.2. The molecule has 2 N–H and O–H groups in total. The monoisotopic (exact) mass is 822 g/mol. The highest BCUT2D eigenvalue weighted by Crippen LogP contribution is 2.55. The quantitative estimate of drug-likeness (QED) is 0.127. The van der Waals surface area contributed by atoms with Crippen LogP contribution in [-0.4, -0.2) is 88.6 Å². The van der Waals surface area contributed by atoms with E-state index in [9.17, 15) is 24.4 Å². The van der Waals surface area contributed by atoms with Gasteiger partial charge in [-0.25, -0.2) is 9.97 Å². The van der Waals surface area contributed by atoms with Gasteiger partial charge in [-0.2, -0.15) is 5.26 Å². The van der Waals surface area contributed by atoms with Crippen LogP contribution in [0.4, 0.5) is 5.82 Å². The Morgan fingerprint density at radius 1 is 1.02 bits per heavy atom. The normalized spacial score (nSPS) is 21.3. The number of nitrogens with zero attached hydrogens (tertiary/aromatic N) is 6. The molecule has 0 spiro atoms. The Labute approximate surface area is 348 Å². The van der Waals surface area contributed by atoms with Crippen molar-refractivity contribution in [3.05, 3.63) is 87.1 Å². The number of ether oxygens (including phenoxy) is 2. The number of aryl methyl sites for hydroxylation is 1. The lowest BCUT2D eigenvalue weighted by Gasteiger charge is -2.63. The first-order valence-electron chi connectivity index (χ1n) is 20.3.